The van der Waals surface area contributed by atoms with Gasteiger partial charge in [-0.2, -0.15) is 5.10 Å². The Morgan fingerprint density at radius 3 is 2.26 bits per heavy atom. The number of fused-ring (bicyclic) bond motifs is 1. The molecule has 0 heterocycles. The summed E-state index contributed by atoms with van der Waals surface area (Å²) in [6.45, 7) is -0.310. The van der Waals surface area contributed by atoms with E-state index >= 15 is 0 Å². The molecule has 38 heavy (non-hydrogen) atoms. The highest BCUT2D eigenvalue weighted by Crippen LogP contribution is 2.28. The van der Waals surface area contributed by atoms with Crippen molar-refractivity contribution in [1.29, 1.82) is 0 Å². The van der Waals surface area contributed by atoms with Crippen molar-refractivity contribution in [2.24, 2.45) is 5.10 Å². The smallest absolute Gasteiger partial charge is 0.343 e. The molecule has 4 aromatic carbocycles. The van der Waals surface area contributed by atoms with E-state index in [2.05, 4.69) is 15.8 Å². The van der Waals surface area contributed by atoms with Gasteiger partial charge in [-0.25, -0.2) is 10.2 Å². The molecule has 0 aliphatic carbocycles. The molecule has 0 spiro atoms. The van der Waals surface area contributed by atoms with E-state index in [0.29, 0.717) is 28.2 Å². The van der Waals surface area contributed by atoms with E-state index in [1.165, 1.54) is 26.5 Å². The summed E-state index contributed by atoms with van der Waals surface area (Å²) in [7, 11) is 2.96. The van der Waals surface area contributed by atoms with Gasteiger partial charge in [0.25, 0.3) is 11.8 Å². The third kappa shape index (κ3) is 6.14. The molecule has 4 aromatic rings. The minimum Gasteiger partial charge on any atom is -0.493 e. The predicted octanol–water partition coefficient (Wildman–Crippen LogP) is 3.96. The maximum atomic E-state index is 12.6. The van der Waals surface area contributed by atoms with E-state index in [4.69, 9.17) is 14.2 Å². The lowest BCUT2D eigenvalue weighted by Gasteiger charge is -2.11. The molecule has 0 saturated heterocycles. The average Bonchev–Trinajstić information content (AvgIpc) is 2.96. The monoisotopic (exact) mass is 511 g/mol. The highest BCUT2D eigenvalue weighted by atomic mass is 16.5. The molecule has 0 fully saturated rings. The normalized spacial score (nSPS) is 10.7. The minimum absolute atomic E-state index is 0.289. The first-order valence-electron chi connectivity index (χ1n) is 11.6. The number of hydrazone groups is 1. The van der Waals surface area contributed by atoms with Gasteiger partial charge in [0.2, 0.25) is 0 Å². The van der Waals surface area contributed by atoms with Crippen LogP contribution >= 0.6 is 0 Å². The van der Waals surface area contributed by atoms with E-state index in [0.717, 1.165) is 10.8 Å². The maximum Gasteiger partial charge on any atom is 0.343 e. The van der Waals surface area contributed by atoms with Crippen LogP contribution in [0.2, 0.25) is 0 Å². The van der Waals surface area contributed by atoms with Crippen LogP contribution in [0, 0.1) is 0 Å². The summed E-state index contributed by atoms with van der Waals surface area (Å²) in [6.07, 6.45) is 1.41. The van der Waals surface area contributed by atoms with Crippen LogP contribution in [0.3, 0.4) is 0 Å². The Kier molecular flexibility index (Phi) is 8.30. The highest BCUT2D eigenvalue weighted by Gasteiger charge is 2.14. The van der Waals surface area contributed by atoms with E-state index in [-0.39, 0.29) is 12.3 Å². The first kappa shape index (κ1) is 25.9. The van der Waals surface area contributed by atoms with Crippen molar-refractivity contribution in [3.8, 4) is 17.2 Å². The number of rotatable bonds is 9. The quantitative estimate of drug-likeness (QED) is 0.152. The number of carbonyl (C=O) groups excluding carboxylic acids is 3. The largest absolute Gasteiger partial charge is 0.493 e. The highest BCUT2D eigenvalue weighted by molar-refractivity contribution is 6.04. The van der Waals surface area contributed by atoms with Gasteiger partial charge in [0.05, 0.1) is 32.5 Å². The summed E-state index contributed by atoms with van der Waals surface area (Å²) in [5.74, 6) is -0.353. The fourth-order valence-corrected chi connectivity index (χ4v) is 3.68. The van der Waals surface area contributed by atoms with Crippen molar-refractivity contribution in [2.75, 3.05) is 20.8 Å². The molecule has 0 atom stereocenters. The molecule has 0 bridgehead atoms. The van der Waals surface area contributed by atoms with Gasteiger partial charge in [0.1, 0.15) is 5.75 Å². The number of hydrogen-bond acceptors (Lipinski definition) is 7. The van der Waals surface area contributed by atoms with Crippen LogP contribution in [0.25, 0.3) is 10.8 Å². The third-order valence-corrected chi connectivity index (χ3v) is 5.58. The van der Waals surface area contributed by atoms with Crippen LogP contribution in [-0.4, -0.2) is 44.8 Å². The SMILES string of the molecule is COc1ccc(C(=O)NCC(=O)N/N=C/c2c(OC(=O)c3ccccc3)ccc3ccccc23)cc1OC. The van der Waals surface area contributed by atoms with Crippen molar-refractivity contribution in [1.82, 2.24) is 10.7 Å². The maximum absolute atomic E-state index is 12.6. The summed E-state index contributed by atoms with van der Waals surface area (Å²) in [4.78, 5) is 37.4. The third-order valence-electron chi connectivity index (χ3n) is 5.58. The number of amides is 2. The minimum atomic E-state index is -0.543. The molecule has 0 aliphatic rings. The van der Waals surface area contributed by atoms with E-state index < -0.39 is 17.8 Å². The molecule has 9 heteroatoms. The predicted molar refractivity (Wildman–Crippen MR) is 143 cm³/mol. The first-order valence-corrected chi connectivity index (χ1v) is 11.6. The lowest BCUT2D eigenvalue weighted by molar-refractivity contribution is -0.120. The van der Waals surface area contributed by atoms with E-state index in [9.17, 15) is 14.4 Å². The molecule has 2 N–H and O–H groups in total. The number of benzene rings is 4. The standard InChI is InChI=1S/C29H25N3O6/c1-36-25-15-13-21(16-26(25)37-2)28(34)30-18-27(33)32-31-17-23-22-11-7-6-8-19(22)12-14-24(23)38-29(35)20-9-4-3-5-10-20/h3-17H,18H2,1-2H3,(H,30,34)(H,32,33)/b31-17+. The topological polar surface area (TPSA) is 115 Å². The van der Waals surface area contributed by atoms with Crippen LogP contribution < -0.4 is 25.0 Å². The zero-order valence-electron chi connectivity index (χ0n) is 20.8. The van der Waals surface area contributed by atoms with Crippen LogP contribution in [-0.2, 0) is 4.79 Å². The molecular weight excluding hydrogens is 486 g/mol. The summed E-state index contributed by atoms with van der Waals surface area (Å²) in [5, 5.41) is 8.25. The van der Waals surface area contributed by atoms with E-state index in [1.54, 1.807) is 42.5 Å². The van der Waals surface area contributed by atoms with Crippen molar-refractivity contribution >= 4 is 34.8 Å². The zero-order chi connectivity index (χ0) is 26.9. The summed E-state index contributed by atoms with van der Waals surface area (Å²) in [6, 6.07) is 24.3. The van der Waals surface area contributed by atoms with Gasteiger partial charge in [-0.15, -0.1) is 0 Å². The molecule has 0 unspecified atom stereocenters. The molecule has 9 nitrogen and oxygen atoms in total. The van der Waals surface area contributed by atoms with Gasteiger partial charge < -0.3 is 19.5 Å². The van der Waals surface area contributed by atoms with Crippen molar-refractivity contribution in [3.63, 3.8) is 0 Å². The van der Waals surface area contributed by atoms with Gasteiger partial charge in [0, 0.05) is 11.1 Å². The number of carbonyl (C=O) groups is 3. The Hall–Kier alpha value is -5.18. The Morgan fingerprint density at radius 2 is 1.50 bits per heavy atom. The second kappa shape index (κ2) is 12.2. The first-order chi connectivity index (χ1) is 18.5. The molecule has 0 radical (unpaired) electrons. The van der Waals surface area contributed by atoms with Gasteiger partial charge in [-0.05, 0) is 47.2 Å². The molecule has 0 saturated carbocycles. The summed E-state index contributed by atoms with van der Waals surface area (Å²) >= 11 is 0. The number of nitrogens with zero attached hydrogens (tertiary/aromatic N) is 1. The Balaban J connectivity index is 1.44. The molecule has 4 rings (SSSR count). The number of esters is 1. The van der Waals surface area contributed by atoms with Gasteiger partial charge >= 0.3 is 5.97 Å². The zero-order valence-corrected chi connectivity index (χ0v) is 20.8. The Bertz CT molecular complexity index is 1500. The molecule has 0 aromatic heterocycles. The second-order valence-electron chi connectivity index (χ2n) is 8.00. The number of hydrogen-bond donors (Lipinski definition) is 2. The van der Waals surface area contributed by atoms with Crippen LogP contribution in [0.15, 0.2) is 90.0 Å². The van der Waals surface area contributed by atoms with Crippen molar-refractivity contribution in [3.05, 3.63) is 102 Å². The fraction of sp³-hybridized carbons (Fsp3) is 0.103. The van der Waals surface area contributed by atoms with Crippen LogP contribution in [0.1, 0.15) is 26.3 Å². The van der Waals surface area contributed by atoms with Gasteiger partial charge in [-0.1, -0.05) is 48.5 Å². The van der Waals surface area contributed by atoms with Gasteiger partial charge in [-0.3, -0.25) is 9.59 Å². The molecule has 192 valence electrons. The molecular formula is C29H25N3O6. The molecule has 2 amide bonds. The summed E-state index contributed by atoms with van der Waals surface area (Å²) < 4.78 is 16.0. The number of ether oxygens (including phenoxy) is 3. The Morgan fingerprint density at radius 1 is 0.789 bits per heavy atom. The number of nitrogens with one attached hydrogen (secondary N) is 2. The van der Waals surface area contributed by atoms with Crippen LogP contribution in [0.4, 0.5) is 0 Å². The van der Waals surface area contributed by atoms with E-state index in [1.807, 2.05) is 36.4 Å². The molecule has 0 aliphatic heterocycles. The second-order valence-corrected chi connectivity index (χ2v) is 8.00. The van der Waals surface area contributed by atoms with Crippen molar-refractivity contribution in [2.45, 2.75) is 0 Å². The Labute approximate surface area is 219 Å². The van der Waals surface area contributed by atoms with Crippen molar-refractivity contribution < 1.29 is 28.6 Å². The van der Waals surface area contributed by atoms with Crippen LogP contribution in [0.5, 0.6) is 17.2 Å². The summed E-state index contributed by atoms with van der Waals surface area (Å²) in [5.41, 5.74) is 3.61. The fourth-order valence-electron chi connectivity index (χ4n) is 3.68. The number of methoxy groups -OCH3 is 2. The lowest BCUT2D eigenvalue weighted by Crippen LogP contribution is -2.34. The van der Waals surface area contributed by atoms with Gasteiger partial charge in [0.15, 0.2) is 11.5 Å². The average molecular weight is 512 g/mol. The lowest BCUT2D eigenvalue weighted by atomic mass is 10.0.